The number of ether oxygens (including phenoxy) is 1. The summed E-state index contributed by atoms with van der Waals surface area (Å²) in [7, 11) is 0. The number of hydrogen-bond donors (Lipinski definition) is 1. The number of carbonyl (C=O) groups is 3. The molecule has 1 unspecified atom stereocenters. The molecule has 0 spiro atoms. The van der Waals surface area contributed by atoms with Gasteiger partial charge in [0.1, 0.15) is 10.8 Å². The lowest BCUT2D eigenvalue weighted by atomic mass is 9.95. The lowest BCUT2D eigenvalue weighted by Gasteiger charge is -2.16. The molecular weight excluding hydrogens is 407 g/mol. The lowest BCUT2D eigenvalue weighted by Crippen LogP contribution is -2.28. The van der Waals surface area contributed by atoms with Crippen molar-refractivity contribution in [1.29, 1.82) is 0 Å². The average molecular weight is 431 g/mol. The number of fused-ring (bicyclic) bond motifs is 1. The average Bonchev–Trinajstić information content (AvgIpc) is 3.29. The van der Waals surface area contributed by atoms with Crippen molar-refractivity contribution in [2.45, 2.75) is 39.0 Å². The van der Waals surface area contributed by atoms with Crippen molar-refractivity contribution in [1.82, 2.24) is 0 Å². The number of rotatable bonds is 5. The van der Waals surface area contributed by atoms with E-state index in [0.29, 0.717) is 16.3 Å². The molecule has 0 saturated carbocycles. The standard InChI is InChI=1S/C22H23FN2O4S/c1-2-29-22(28)19-16-5-3-4-6-17(16)30-21(19)24-20(27)13-11-18(26)25(12-13)15-9-7-14(23)8-10-15/h7-10,13H,2-6,11-12H2,1H3,(H,24,27). The van der Waals surface area contributed by atoms with Crippen molar-refractivity contribution in [2.24, 2.45) is 5.92 Å². The molecule has 4 rings (SSSR count). The Balaban J connectivity index is 1.53. The van der Waals surface area contributed by atoms with E-state index in [9.17, 15) is 18.8 Å². The number of benzene rings is 1. The first-order valence-electron chi connectivity index (χ1n) is 10.2. The number of carbonyl (C=O) groups excluding carboxylic acids is 3. The first-order valence-corrected chi connectivity index (χ1v) is 11.0. The fourth-order valence-corrected chi connectivity index (χ4v) is 5.32. The van der Waals surface area contributed by atoms with Gasteiger partial charge in [0.05, 0.1) is 18.1 Å². The molecule has 2 aromatic rings. The summed E-state index contributed by atoms with van der Waals surface area (Å²) in [6.45, 7) is 2.24. The molecule has 1 aliphatic heterocycles. The quantitative estimate of drug-likeness (QED) is 0.730. The fourth-order valence-electron chi connectivity index (χ4n) is 4.04. The molecule has 1 aromatic heterocycles. The number of aryl methyl sites for hydroxylation is 1. The summed E-state index contributed by atoms with van der Waals surface area (Å²) in [4.78, 5) is 40.5. The third kappa shape index (κ3) is 3.96. The van der Waals surface area contributed by atoms with Crippen molar-refractivity contribution in [2.75, 3.05) is 23.4 Å². The zero-order valence-corrected chi connectivity index (χ0v) is 17.5. The summed E-state index contributed by atoms with van der Waals surface area (Å²) in [5, 5.41) is 3.40. The van der Waals surface area contributed by atoms with Crippen molar-refractivity contribution < 1.29 is 23.5 Å². The van der Waals surface area contributed by atoms with Crippen LogP contribution in [0.2, 0.25) is 0 Å². The van der Waals surface area contributed by atoms with Gasteiger partial charge in [0.2, 0.25) is 11.8 Å². The van der Waals surface area contributed by atoms with Crippen molar-refractivity contribution in [3.63, 3.8) is 0 Å². The number of nitrogens with zero attached hydrogens (tertiary/aromatic N) is 1. The number of nitrogens with one attached hydrogen (secondary N) is 1. The van der Waals surface area contributed by atoms with Gasteiger partial charge in [-0.1, -0.05) is 0 Å². The molecule has 0 bridgehead atoms. The van der Waals surface area contributed by atoms with Gasteiger partial charge in [-0.3, -0.25) is 9.59 Å². The second kappa shape index (κ2) is 8.55. The van der Waals surface area contributed by atoms with E-state index in [2.05, 4.69) is 5.32 Å². The number of hydrogen-bond acceptors (Lipinski definition) is 5. The van der Waals surface area contributed by atoms with Crippen LogP contribution in [0.1, 0.15) is 47.0 Å². The number of halogens is 1. The topological polar surface area (TPSA) is 75.7 Å². The Kier molecular flexibility index (Phi) is 5.85. The second-order valence-corrected chi connectivity index (χ2v) is 8.61. The van der Waals surface area contributed by atoms with Crippen LogP contribution in [-0.4, -0.2) is 30.9 Å². The van der Waals surface area contributed by atoms with Crippen LogP contribution in [-0.2, 0) is 27.2 Å². The molecule has 1 aliphatic carbocycles. The number of amides is 2. The Morgan fingerprint density at radius 1 is 1.23 bits per heavy atom. The highest BCUT2D eigenvalue weighted by Gasteiger charge is 2.36. The fraction of sp³-hybridized carbons (Fsp3) is 0.409. The van der Waals surface area contributed by atoms with Gasteiger partial charge >= 0.3 is 5.97 Å². The molecule has 1 saturated heterocycles. The third-order valence-corrected chi connectivity index (χ3v) is 6.73. The van der Waals surface area contributed by atoms with Crippen LogP contribution in [0.5, 0.6) is 0 Å². The van der Waals surface area contributed by atoms with Gasteiger partial charge in [-0.05, 0) is 62.4 Å². The van der Waals surface area contributed by atoms with Crippen LogP contribution < -0.4 is 10.2 Å². The normalized spacial score (nSPS) is 18.3. The van der Waals surface area contributed by atoms with Gasteiger partial charge in [0.15, 0.2) is 0 Å². The van der Waals surface area contributed by atoms with Crippen LogP contribution in [0.15, 0.2) is 24.3 Å². The van der Waals surface area contributed by atoms with E-state index in [1.807, 2.05) is 0 Å². The summed E-state index contributed by atoms with van der Waals surface area (Å²) < 4.78 is 18.4. The molecule has 2 amide bonds. The van der Waals surface area contributed by atoms with E-state index < -0.39 is 11.9 Å². The number of esters is 1. The maximum absolute atomic E-state index is 13.2. The number of anilines is 2. The van der Waals surface area contributed by atoms with Crippen LogP contribution >= 0.6 is 11.3 Å². The lowest BCUT2D eigenvalue weighted by molar-refractivity contribution is -0.122. The molecule has 1 fully saturated rings. The second-order valence-electron chi connectivity index (χ2n) is 7.51. The molecule has 30 heavy (non-hydrogen) atoms. The first kappa shape index (κ1) is 20.5. The highest BCUT2D eigenvalue weighted by Crippen LogP contribution is 2.39. The summed E-state index contributed by atoms with van der Waals surface area (Å²) in [5.74, 6) is -1.82. The molecule has 8 heteroatoms. The SMILES string of the molecule is CCOC(=O)c1c(NC(=O)C2CC(=O)N(c3ccc(F)cc3)C2)sc2c1CCCC2. The van der Waals surface area contributed by atoms with Crippen molar-refractivity contribution in [3.05, 3.63) is 46.1 Å². The Labute approximate surface area is 178 Å². The van der Waals surface area contributed by atoms with Crippen LogP contribution in [0.25, 0.3) is 0 Å². The highest BCUT2D eigenvalue weighted by molar-refractivity contribution is 7.17. The first-order chi connectivity index (χ1) is 14.5. The van der Waals surface area contributed by atoms with Gasteiger partial charge < -0.3 is 15.0 Å². The minimum Gasteiger partial charge on any atom is -0.462 e. The third-order valence-electron chi connectivity index (χ3n) is 5.52. The molecule has 2 aliphatic rings. The van der Waals surface area contributed by atoms with Crippen LogP contribution in [0.3, 0.4) is 0 Å². The van der Waals surface area contributed by atoms with Gasteiger partial charge in [-0.25, -0.2) is 9.18 Å². The Hall–Kier alpha value is -2.74. The molecule has 6 nitrogen and oxygen atoms in total. The largest absolute Gasteiger partial charge is 0.462 e. The van der Waals surface area contributed by atoms with Crippen LogP contribution in [0, 0.1) is 11.7 Å². The van der Waals surface area contributed by atoms with E-state index >= 15 is 0 Å². The van der Waals surface area contributed by atoms with E-state index in [1.165, 1.54) is 40.5 Å². The monoisotopic (exact) mass is 430 g/mol. The zero-order valence-electron chi connectivity index (χ0n) is 16.7. The minimum atomic E-state index is -0.545. The predicted molar refractivity (Wildman–Crippen MR) is 112 cm³/mol. The molecule has 1 aromatic carbocycles. The highest BCUT2D eigenvalue weighted by atomic mass is 32.1. The molecule has 1 N–H and O–H groups in total. The minimum absolute atomic E-state index is 0.0725. The Morgan fingerprint density at radius 2 is 1.97 bits per heavy atom. The van der Waals surface area contributed by atoms with Gasteiger partial charge in [-0.2, -0.15) is 0 Å². The Bertz CT molecular complexity index is 986. The summed E-state index contributed by atoms with van der Waals surface area (Å²) in [6, 6.07) is 5.63. The van der Waals surface area contributed by atoms with Gasteiger partial charge in [0, 0.05) is 23.5 Å². The summed E-state index contributed by atoms with van der Waals surface area (Å²) in [5.41, 5.74) is 2.01. The summed E-state index contributed by atoms with van der Waals surface area (Å²) >= 11 is 1.43. The van der Waals surface area contributed by atoms with Gasteiger partial charge in [0.25, 0.3) is 0 Å². The summed E-state index contributed by atoms with van der Waals surface area (Å²) in [6.07, 6.45) is 3.84. The van der Waals surface area contributed by atoms with E-state index in [4.69, 9.17) is 4.74 Å². The van der Waals surface area contributed by atoms with Gasteiger partial charge in [-0.15, -0.1) is 11.3 Å². The smallest absolute Gasteiger partial charge is 0.341 e. The zero-order chi connectivity index (χ0) is 21.3. The Morgan fingerprint density at radius 3 is 2.70 bits per heavy atom. The van der Waals surface area contributed by atoms with Crippen LogP contribution in [0.4, 0.5) is 15.1 Å². The molecular formula is C22H23FN2O4S. The van der Waals surface area contributed by atoms with E-state index in [0.717, 1.165) is 36.1 Å². The van der Waals surface area contributed by atoms with Crippen molar-refractivity contribution in [3.8, 4) is 0 Å². The number of thiophene rings is 1. The maximum atomic E-state index is 13.2. The van der Waals surface area contributed by atoms with Crippen molar-refractivity contribution >= 4 is 39.8 Å². The predicted octanol–water partition coefficient (Wildman–Crippen LogP) is 3.93. The van der Waals surface area contributed by atoms with E-state index in [1.54, 1.807) is 6.92 Å². The molecule has 1 atom stereocenters. The van der Waals surface area contributed by atoms with E-state index in [-0.39, 0.29) is 37.2 Å². The maximum Gasteiger partial charge on any atom is 0.341 e. The molecule has 0 radical (unpaired) electrons. The molecule has 2 heterocycles. The molecule has 158 valence electrons.